The van der Waals surface area contributed by atoms with Gasteiger partial charge in [0.25, 0.3) is 0 Å². The highest BCUT2D eigenvalue weighted by Gasteiger charge is 2.11. The number of hydrogen-bond donors (Lipinski definition) is 0. The zero-order chi connectivity index (χ0) is 19.2. The van der Waals surface area contributed by atoms with Gasteiger partial charge < -0.3 is 9.47 Å². The number of benzene rings is 2. The average Bonchev–Trinajstić information content (AvgIpc) is 2.64. The van der Waals surface area contributed by atoms with Crippen molar-refractivity contribution in [1.82, 2.24) is 4.98 Å². The first-order chi connectivity index (χ1) is 13.0. The molecule has 2 aromatic carbocycles. The number of nitrogens with zero attached hydrogens (tertiary/aromatic N) is 1. The Morgan fingerprint density at radius 2 is 1.56 bits per heavy atom. The smallest absolute Gasteiger partial charge is 0.308 e. The minimum Gasteiger partial charge on any atom is -0.427 e. The molecule has 1 heterocycles. The van der Waals surface area contributed by atoms with Gasteiger partial charge in [0.15, 0.2) is 0 Å². The van der Waals surface area contributed by atoms with E-state index in [1.807, 2.05) is 42.5 Å². The Morgan fingerprint density at radius 1 is 0.852 bits per heavy atom. The fourth-order valence-electron chi connectivity index (χ4n) is 2.73. The Morgan fingerprint density at radius 3 is 2.19 bits per heavy atom. The molecule has 0 N–H and O–H groups in total. The van der Waals surface area contributed by atoms with Crippen LogP contribution in [0.5, 0.6) is 11.5 Å². The average molecular weight is 361 g/mol. The number of carbonyl (C=O) groups is 2. The minimum atomic E-state index is -0.374. The van der Waals surface area contributed by atoms with Crippen molar-refractivity contribution in [2.75, 3.05) is 0 Å². The van der Waals surface area contributed by atoms with E-state index in [4.69, 9.17) is 9.47 Å². The molecule has 0 unspecified atom stereocenters. The molecule has 0 fully saturated rings. The highest BCUT2D eigenvalue weighted by molar-refractivity contribution is 5.75. The highest BCUT2D eigenvalue weighted by atomic mass is 16.5. The van der Waals surface area contributed by atoms with Crippen LogP contribution in [0, 0.1) is 0 Å². The van der Waals surface area contributed by atoms with E-state index in [0.29, 0.717) is 17.9 Å². The first kappa shape index (κ1) is 18.3. The lowest BCUT2D eigenvalue weighted by atomic mass is 10.0. The van der Waals surface area contributed by atoms with Crippen molar-refractivity contribution in [2.24, 2.45) is 0 Å². The van der Waals surface area contributed by atoms with E-state index in [2.05, 4.69) is 4.98 Å². The van der Waals surface area contributed by atoms with Crippen LogP contribution in [0.1, 0.15) is 25.0 Å². The molecular weight excluding hydrogens is 342 g/mol. The second kappa shape index (κ2) is 8.27. The maximum absolute atomic E-state index is 11.4. The highest BCUT2D eigenvalue weighted by Crippen LogP contribution is 2.30. The maximum Gasteiger partial charge on any atom is 0.308 e. The molecule has 1 aromatic heterocycles. The number of carbonyl (C=O) groups excluding carboxylic acids is 2. The predicted molar refractivity (Wildman–Crippen MR) is 102 cm³/mol. The minimum absolute atomic E-state index is 0.344. The van der Waals surface area contributed by atoms with Crippen molar-refractivity contribution >= 4 is 11.9 Å². The third-order valence-corrected chi connectivity index (χ3v) is 3.83. The van der Waals surface area contributed by atoms with E-state index in [1.165, 1.54) is 13.8 Å². The van der Waals surface area contributed by atoms with E-state index < -0.39 is 0 Å². The van der Waals surface area contributed by atoms with Gasteiger partial charge in [0, 0.05) is 25.6 Å². The van der Waals surface area contributed by atoms with Crippen molar-refractivity contribution in [3.8, 4) is 22.8 Å². The maximum atomic E-state index is 11.4. The summed E-state index contributed by atoms with van der Waals surface area (Å²) in [5, 5.41) is 0. The number of pyridine rings is 1. The molecule has 0 saturated carbocycles. The number of aromatic nitrogens is 1. The van der Waals surface area contributed by atoms with E-state index >= 15 is 0 Å². The third kappa shape index (κ3) is 5.01. The Bertz CT molecular complexity index is 950. The lowest BCUT2D eigenvalue weighted by Gasteiger charge is -2.11. The topological polar surface area (TPSA) is 65.5 Å². The van der Waals surface area contributed by atoms with Crippen molar-refractivity contribution in [3.63, 3.8) is 0 Å². The van der Waals surface area contributed by atoms with Crippen LogP contribution in [0.3, 0.4) is 0 Å². The van der Waals surface area contributed by atoms with Crippen LogP contribution >= 0.6 is 0 Å². The first-order valence-electron chi connectivity index (χ1n) is 8.51. The van der Waals surface area contributed by atoms with E-state index in [1.54, 1.807) is 24.4 Å². The van der Waals surface area contributed by atoms with Crippen molar-refractivity contribution < 1.29 is 19.1 Å². The second-order valence-electron chi connectivity index (χ2n) is 6.05. The Balaban J connectivity index is 1.88. The van der Waals surface area contributed by atoms with Gasteiger partial charge in [-0.25, -0.2) is 0 Å². The predicted octanol–water partition coefficient (Wildman–Crippen LogP) is 4.19. The van der Waals surface area contributed by atoms with Gasteiger partial charge in [-0.2, -0.15) is 0 Å². The van der Waals surface area contributed by atoms with Gasteiger partial charge in [-0.3, -0.25) is 14.6 Å². The molecule has 0 amide bonds. The fourth-order valence-corrected chi connectivity index (χ4v) is 2.73. The Labute approximate surface area is 157 Å². The van der Waals surface area contributed by atoms with E-state index in [0.717, 1.165) is 22.4 Å². The molecule has 27 heavy (non-hydrogen) atoms. The quantitative estimate of drug-likeness (QED) is 0.504. The lowest BCUT2D eigenvalue weighted by Crippen LogP contribution is -2.03. The summed E-state index contributed by atoms with van der Waals surface area (Å²) < 4.78 is 10.4. The number of esters is 2. The molecule has 0 radical (unpaired) electrons. The van der Waals surface area contributed by atoms with E-state index in [9.17, 15) is 9.59 Å². The number of hydrogen-bond acceptors (Lipinski definition) is 5. The molecule has 0 spiro atoms. The third-order valence-electron chi connectivity index (χ3n) is 3.83. The normalized spacial score (nSPS) is 10.3. The van der Waals surface area contributed by atoms with Gasteiger partial charge in [-0.15, -0.1) is 0 Å². The molecule has 0 aliphatic heterocycles. The van der Waals surface area contributed by atoms with E-state index in [-0.39, 0.29) is 11.9 Å². The Kier molecular flexibility index (Phi) is 5.61. The molecule has 5 nitrogen and oxygen atoms in total. The van der Waals surface area contributed by atoms with Gasteiger partial charge >= 0.3 is 11.9 Å². The summed E-state index contributed by atoms with van der Waals surface area (Å²) in [6.45, 7) is 2.75. The van der Waals surface area contributed by atoms with Gasteiger partial charge in [-0.05, 0) is 53.9 Å². The van der Waals surface area contributed by atoms with Crippen molar-refractivity contribution in [1.29, 1.82) is 0 Å². The summed E-state index contributed by atoms with van der Waals surface area (Å²) in [6.07, 6.45) is 2.38. The van der Waals surface area contributed by atoms with Crippen LogP contribution in [-0.2, 0) is 16.0 Å². The summed E-state index contributed by atoms with van der Waals surface area (Å²) in [6, 6.07) is 18.6. The van der Waals surface area contributed by atoms with Crippen LogP contribution in [0.4, 0.5) is 0 Å². The summed E-state index contributed by atoms with van der Waals surface area (Å²) in [5.41, 5.74) is 3.62. The summed E-state index contributed by atoms with van der Waals surface area (Å²) >= 11 is 0. The molecule has 5 heteroatoms. The summed E-state index contributed by atoms with van der Waals surface area (Å²) in [7, 11) is 0. The second-order valence-corrected chi connectivity index (χ2v) is 6.05. The molecule has 0 saturated heterocycles. The molecule has 136 valence electrons. The number of ether oxygens (including phenoxy) is 2. The first-order valence-corrected chi connectivity index (χ1v) is 8.51. The fraction of sp³-hybridized carbons (Fsp3) is 0.136. The van der Waals surface area contributed by atoms with Crippen LogP contribution in [0.15, 0.2) is 66.9 Å². The summed E-state index contributed by atoms with van der Waals surface area (Å²) in [4.78, 5) is 26.8. The van der Waals surface area contributed by atoms with Gasteiger partial charge in [0.05, 0.1) is 5.69 Å². The zero-order valence-electron chi connectivity index (χ0n) is 15.1. The molecule has 0 aliphatic carbocycles. The summed E-state index contributed by atoms with van der Waals surface area (Å²) in [5.74, 6) is 0.283. The molecular formula is C22H19NO4. The molecule has 0 bridgehead atoms. The van der Waals surface area contributed by atoms with Crippen molar-refractivity contribution in [2.45, 2.75) is 20.3 Å². The van der Waals surface area contributed by atoms with Crippen LogP contribution < -0.4 is 9.47 Å². The van der Waals surface area contributed by atoms with Gasteiger partial charge in [0.1, 0.15) is 11.5 Å². The van der Waals surface area contributed by atoms with Gasteiger partial charge in [-0.1, -0.05) is 24.3 Å². The molecule has 3 aromatic rings. The lowest BCUT2D eigenvalue weighted by molar-refractivity contribution is -0.132. The zero-order valence-corrected chi connectivity index (χ0v) is 15.1. The molecule has 3 rings (SSSR count). The van der Waals surface area contributed by atoms with Gasteiger partial charge in [0.2, 0.25) is 0 Å². The number of rotatable bonds is 5. The standard InChI is InChI=1S/C22H19NO4/c1-15(24)26-19-9-6-17(7-10-19)13-18-8-11-22(27-16(2)25)20(14-18)21-5-3-4-12-23-21/h3-12,14H,13H2,1-2H3. The van der Waals surface area contributed by atoms with Crippen LogP contribution in [-0.4, -0.2) is 16.9 Å². The van der Waals surface area contributed by atoms with Crippen LogP contribution in [0.2, 0.25) is 0 Å². The monoisotopic (exact) mass is 361 g/mol. The van der Waals surface area contributed by atoms with Crippen LogP contribution in [0.25, 0.3) is 11.3 Å². The molecule has 0 atom stereocenters. The largest absolute Gasteiger partial charge is 0.427 e. The Hall–Kier alpha value is -3.47. The molecule has 0 aliphatic rings. The van der Waals surface area contributed by atoms with Crippen molar-refractivity contribution in [3.05, 3.63) is 78.0 Å². The SMILES string of the molecule is CC(=O)Oc1ccc(Cc2ccc(OC(C)=O)c(-c3ccccn3)c2)cc1.